The van der Waals surface area contributed by atoms with Crippen molar-refractivity contribution in [3.63, 3.8) is 0 Å². The Hall–Kier alpha value is 0.597. The van der Waals surface area contributed by atoms with Gasteiger partial charge in [-0.1, -0.05) is 26.7 Å². The summed E-state index contributed by atoms with van der Waals surface area (Å²) in [6.45, 7) is 4.43. The molecule has 0 aromatic carbocycles. The number of hydrogen-bond acceptors (Lipinski definition) is 0. The molecule has 0 aliphatic rings. The Labute approximate surface area is 65.2 Å². The molecule has 0 saturated heterocycles. The van der Waals surface area contributed by atoms with Gasteiger partial charge < -0.3 is 6.42 Å². The maximum absolute atomic E-state index is 2.36. The molecule has 0 nitrogen and oxygen atoms in total. The minimum absolute atomic E-state index is 0. The Bertz CT molecular complexity index is 23.6. The van der Waals surface area contributed by atoms with Crippen LogP contribution < -0.4 is 18.9 Å². The molecule has 0 atom stereocenters. The van der Waals surface area contributed by atoms with Crippen molar-refractivity contribution in [2.45, 2.75) is 39.5 Å². The van der Waals surface area contributed by atoms with Crippen molar-refractivity contribution >= 4 is 0 Å². The summed E-state index contributed by atoms with van der Waals surface area (Å²) in [6.07, 6.45) is 7.57. The van der Waals surface area contributed by atoms with Crippen LogP contribution in [-0.4, -0.2) is 0 Å². The predicted octanol–water partition coefficient (Wildman–Crippen LogP) is -0.205. The molecule has 44 valence electrons. The normalized spacial score (nSPS) is 8.25. The Morgan fingerprint density at radius 1 is 1.00 bits per heavy atom. The third-order valence-electron chi connectivity index (χ3n) is 0.986. The first-order valence-corrected chi connectivity index (χ1v) is 3.23. The molecule has 0 spiro atoms. The van der Waals surface area contributed by atoms with Gasteiger partial charge in [0.05, 0.1) is 0 Å². The van der Waals surface area contributed by atoms with E-state index < -0.39 is 0 Å². The van der Waals surface area contributed by atoms with Gasteiger partial charge in [-0.3, -0.25) is 0 Å². The first-order chi connectivity index (χ1) is 3.41. The van der Waals surface area contributed by atoms with E-state index in [0.29, 0.717) is 0 Å². The first-order valence-electron chi connectivity index (χ1n) is 3.23. The summed E-state index contributed by atoms with van der Waals surface area (Å²) in [5.41, 5.74) is 0. The molecular formula is C7H15Li. The van der Waals surface area contributed by atoms with Gasteiger partial charge in [0.15, 0.2) is 0 Å². The van der Waals surface area contributed by atoms with Gasteiger partial charge in [0.2, 0.25) is 0 Å². The second-order valence-corrected chi connectivity index (χ2v) is 1.87. The topological polar surface area (TPSA) is 0 Å². The van der Waals surface area contributed by atoms with Gasteiger partial charge in [-0.2, -0.15) is 12.8 Å². The standard InChI is InChI=1S/C7H15.Li/c1-3-5-7-6-4-2;/h7H,3-6H2,1-2H3;/q-1;+1. The second kappa shape index (κ2) is 10.6. The van der Waals surface area contributed by atoms with Gasteiger partial charge in [0.25, 0.3) is 0 Å². The Morgan fingerprint density at radius 3 is 1.62 bits per heavy atom. The summed E-state index contributed by atoms with van der Waals surface area (Å²) >= 11 is 0. The van der Waals surface area contributed by atoms with Crippen molar-refractivity contribution in [2.24, 2.45) is 0 Å². The molecule has 0 aliphatic carbocycles. The molecule has 0 aromatic heterocycles. The van der Waals surface area contributed by atoms with E-state index in [9.17, 15) is 0 Å². The van der Waals surface area contributed by atoms with Crippen molar-refractivity contribution < 1.29 is 18.9 Å². The van der Waals surface area contributed by atoms with Crippen molar-refractivity contribution in [3.05, 3.63) is 6.42 Å². The van der Waals surface area contributed by atoms with Crippen molar-refractivity contribution in [3.8, 4) is 0 Å². The molecule has 1 heteroatoms. The molecule has 0 heterocycles. The quantitative estimate of drug-likeness (QED) is 0.264. The van der Waals surface area contributed by atoms with Crippen molar-refractivity contribution in [2.75, 3.05) is 0 Å². The predicted molar refractivity (Wildman–Crippen MR) is 34.1 cm³/mol. The van der Waals surface area contributed by atoms with Crippen LogP contribution in [-0.2, 0) is 0 Å². The van der Waals surface area contributed by atoms with E-state index in [0.717, 1.165) is 0 Å². The molecule has 0 amide bonds. The van der Waals surface area contributed by atoms with E-state index in [1.54, 1.807) is 0 Å². The maximum Gasteiger partial charge on any atom is 1.00 e. The molecule has 0 N–H and O–H groups in total. The fourth-order valence-electron chi connectivity index (χ4n) is 0.553. The molecule has 0 saturated carbocycles. The SMILES string of the molecule is CCC[CH-]CCC.[Li+]. The first kappa shape index (κ1) is 11.4. The zero-order chi connectivity index (χ0) is 5.54. The smallest absolute Gasteiger partial charge is 0.329 e. The minimum Gasteiger partial charge on any atom is -0.329 e. The third kappa shape index (κ3) is 9.78. The Morgan fingerprint density at radius 2 is 1.38 bits per heavy atom. The maximum atomic E-state index is 2.36. The van der Waals surface area contributed by atoms with E-state index in [2.05, 4.69) is 20.3 Å². The Balaban J connectivity index is 0. The van der Waals surface area contributed by atoms with Crippen LogP contribution in [0.2, 0.25) is 0 Å². The van der Waals surface area contributed by atoms with Gasteiger partial charge in [0.1, 0.15) is 0 Å². The van der Waals surface area contributed by atoms with E-state index >= 15 is 0 Å². The molecular weight excluding hydrogens is 91.0 g/mol. The minimum atomic E-state index is 0. The van der Waals surface area contributed by atoms with E-state index in [1.807, 2.05) is 0 Å². The van der Waals surface area contributed by atoms with E-state index in [1.165, 1.54) is 25.7 Å². The molecule has 0 bridgehead atoms. The fourth-order valence-corrected chi connectivity index (χ4v) is 0.553. The van der Waals surface area contributed by atoms with Crippen molar-refractivity contribution in [1.29, 1.82) is 0 Å². The molecule has 0 fully saturated rings. The number of hydrogen-bond donors (Lipinski definition) is 0. The monoisotopic (exact) mass is 106 g/mol. The van der Waals surface area contributed by atoms with Crippen LogP contribution >= 0.6 is 0 Å². The molecule has 0 aliphatic heterocycles. The van der Waals surface area contributed by atoms with Crippen LogP contribution in [0.25, 0.3) is 0 Å². The van der Waals surface area contributed by atoms with Crippen molar-refractivity contribution in [1.82, 2.24) is 0 Å². The summed E-state index contributed by atoms with van der Waals surface area (Å²) in [4.78, 5) is 0. The summed E-state index contributed by atoms with van der Waals surface area (Å²) < 4.78 is 0. The number of unbranched alkanes of at least 4 members (excludes halogenated alkanes) is 4. The number of rotatable bonds is 4. The van der Waals surface area contributed by atoms with E-state index in [-0.39, 0.29) is 18.9 Å². The third-order valence-corrected chi connectivity index (χ3v) is 0.986. The summed E-state index contributed by atoms with van der Waals surface area (Å²) in [5, 5.41) is 0. The van der Waals surface area contributed by atoms with Gasteiger partial charge in [0, 0.05) is 0 Å². The van der Waals surface area contributed by atoms with Crippen LogP contribution in [0.4, 0.5) is 0 Å². The van der Waals surface area contributed by atoms with Crippen LogP contribution in [0.1, 0.15) is 39.5 Å². The molecule has 0 radical (unpaired) electrons. The average molecular weight is 106 g/mol. The molecule has 0 aromatic rings. The second-order valence-electron chi connectivity index (χ2n) is 1.87. The average Bonchev–Trinajstić information content (AvgIpc) is 1.69. The van der Waals surface area contributed by atoms with Crippen LogP contribution in [0, 0.1) is 6.42 Å². The van der Waals surface area contributed by atoms with Gasteiger partial charge in [-0.15, -0.1) is 0 Å². The largest absolute Gasteiger partial charge is 1.00 e. The van der Waals surface area contributed by atoms with Gasteiger partial charge in [-0.25, -0.2) is 0 Å². The Kier molecular flexibility index (Phi) is 15.0. The zero-order valence-electron chi connectivity index (χ0n) is 6.41. The summed E-state index contributed by atoms with van der Waals surface area (Å²) in [5.74, 6) is 0. The summed E-state index contributed by atoms with van der Waals surface area (Å²) in [7, 11) is 0. The summed E-state index contributed by atoms with van der Waals surface area (Å²) in [6, 6.07) is 0. The van der Waals surface area contributed by atoms with Gasteiger partial charge >= 0.3 is 18.9 Å². The molecule has 8 heavy (non-hydrogen) atoms. The van der Waals surface area contributed by atoms with Crippen LogP contribution in [0.5, 0.6) is 0 Å². The van der Waals surface area contributed by atoms with Crippen LogP contribution in [0.3, 0.4) is 0 Å². The molecule has 0 rings (SSSR count). The van der Waals surface area contributed by atoms with Gasteiger partial charge in [-0.05, 0) is 0 Å². The van der Waals surface area contributed by atoms with Crippen LogP contribution in [0.15, 0.2) is 0 Å². The molecule has 0 unspecified atom stereocenters. The fraction of sp³-hybridized carbons (Fsp3) is 0.857. The zero-order valence-corrected chi connectivity index (χ0v) is 6.41. The van der Waals surface area contributed by atoms with E-state index in [4.69, 9.17) is 0 Å².